The third-order valence-corrected chi connectivity index (χ3v) is 12.4. The number of halogens is 3. The maximum Gasteiger partial charge on any atom is 0.534 e. The molecular formula is C24H43F3O5SSi. The monoisotopic (exact) mass is 528 g/mol. The van der Waals surface area contributed by atoms with Gasteiger partial charge in [0, 0.05) is 12.0 Å². The van der Waals surface area contributed by atoms with Crippen molar-refractivity contribution in [2.45, 2.75) is 122 Å². The van der Waals surface area contributed by atoms with Crippen molar-refractivity contribution in [2.24, 2.45) is 5.92 Å². The number of alkyl halides is 3. The minimum absolute atomic E-state index is 0.0691. The summed E-state index contributed by atoms with van der Waals surface area (Å²) in [6, 6.07) is 0. The molecule has 4 atom stereocenters. The highest BCUT2D eigenvalue weighted by Crippen LogP contribution is 2.40. The van der Waals surface area contributed by atoms with Crippen LogP contribution in [-0.4, -0.2) is 40.6 Å². The van der Waals surface area contributed by atoms with Crippen LogP contribution in [0.15, 0.2) is 24.5 Å². The molecule has 0 bridgehead atoms. The number of allylic oxidation sites excluding steroid dienone is 1. The highest BCUT2D eigenvalue weighted by atomic mass is 32.2. The largest absolute Gasteiger partial charge is 0.534 e. The van der Waals surface area contributed by atoms with Crippen molar-refractivity contribution in [3.8, 4) is 0 Å². The fourth-order valence-electron chi connectivity index (χ4n) is 3.63. The number of rotatable bonds is 13. The Balaban J connectivity index is 2.91. The van der Waals surface area contributed by atoms with E-state index in [0.29, 0.717) is 12.8 Å². The summed E-state index contributed by atoms with van der Waals surface area (Å²) in [7, 11) is -7.95. The zero-order chi connectivity index (χ0) is 26.5. The number of hydrogen-bond donors (Lipinski definition) is 0. The molecule has 5 nitrogen and oxygen atoms in total. The summed E-state index contributed by atoms with van der Waals surface area (Å²) >= 11 is 0. The van der Waals surface area contributed by atoms with Gasteiger partial charge in [-0.1, -0.05) is 60.6 Å². The molecule has 34 heavy (non-hydrogen) atoms. The molecule has 2 unspecified atom stereocenters. The van der Waals surface area contributed by atoms with Crippen LogP contribution in [0.4, 0.5) is 13.2 Å². The molecule has 1 heterocycles. The lowest BCUT2D eigenvalue weighted by molar-refractivity contribution is -0.0527. The summed E-state index contributed by atoms with van der Waals surface area (Å²) in [6.07, 6.45) is 5.42. The van der Waals surface area contributed by atoms with Gasteiger partial charge in [0.25, 0.3) is 0 Å². The Hall–Kier alpha value is -0.843. The molecule has 0 spiro atoms. The quantitative estimate of drug-likeness (QED) is 0.0816. The SMILES string of the molecule is C=C1CC(CCCC)OC1CC[C@@H](C[C@@H](C)C(=C)OS(=O)(=O)C(F)(F)F)O[Si](C)(C)C(C)(C)C. The van der Waals surface area contributed by atoms with Gasteiger partial charge in [0.2, 0.25) is 0 Å². The van der Waals surface area contributed by atoms with Crippen LogP contribution in [0.25, 0.3) is 0 Å². The van der Waals surface area contributed by atoms with Gasteiger partial charge in [-0.25, -0.2) is 0 Å². The molecule has 1 aliphatic rings. The van der Waals surface area contributed by atoms with Gasteiger partial charge in [-0.3, -0.25) is 0 Å². The van der Waals surface area contributed by atoms with Crippen molar-refractivity contribution in [1.29, 1.82) is 0 Å². The highest BCUT2D eigenvalue weighted by Gasteiger charge is 2.49. The van der Waals surface area contributed by atoms with E-state index in [1.165, 1.54) is 0 Å². The molecule has 10 heteroatoms. The number of hydrogen-bond acceptors (Lipinski definition) is 5. The van der Waals surface area contributed by atoms with Gasteiger partial charge in [-0.15, -0.1) is 0 Å². The van der Waals surface area contributed by atoms with Gasteiger partial charge >= 0.3 is 15.6 Å². The van der Waals surface area contributed by atoms with Crippen molar-refractivity contribution in [2.75, 3.05) is 0 Å². The van der Waals surface area contributed by atoms with Gasteiger partial charge in [0.05, 0.1) is 12.2 Å². The minimum Gasteiger partial charge on any atom is -0.414 e. The zero-order valence-corrected chi connectivity index (χ0v) is 23.6. The molecule has 0 saturated carbocycles. The van der Waals surface area contributed by atoms with Crippen LogP contribution < -0.4 is 0 Å². The van der Waals surface area contributed by atoms with Crippen LogP contribution in [0.2, 0.25) is 18.1 Å². The number of ether oxygens (including phenoxy) is 1. The van der Waals surface area contributed by atoms with Crippen LogP contribution in [0.1, 0.15) is 79.6 Å². The van der Waals surface area contributed by atoms with Gasteiger partial charge in [-0.2, -0.15) is 21.6 Å². The van der Waals surface area contributed by atoms with Crippen LogP contribution in [0.3, 0.4) is 0 Å². The van der Waals surface area contributed by atoms with Crippen LogP contribution in [-0.2, 0) is 23.5 Å². The smallest absolute Gasteiger partial charge is 0.414 e. The van der Waals surface area contributed by atoms with Crippen LogP contribution in [0.5, 0.6) is 0 Å². The molecule has 1 aliphatic heterocycles. The maximum atomic E-state index is 12.7. The van der Waals surface area contributed by atoms with Crippen molar-refractivity contribution < 1.29 is 34.9 Å². The van der Waals surface area contributed by atoms with E-state index in [9.17, 15) is 21.6 Å². The molecule has 0 aliphatic carbocycles. The molecule has 200 valence electrons. The molecule has 0 radical (unpaired) electrons. The molecule has 0 aromatic heterocycles. The van der Waals surface area contributed by atoms with E-state index in [-0.39, 0.29) is 29.8 Å². The van der Waals surface area contributed by atoms with Gasteiger partial charge in [0.1, 0.15) is 5.76 Å². The standard InChI is InChI=1S/C24H43F3O5SSi/c1-10-11-12-20-16-18(3)22(30-20)14-13-21(32-34(8,9)23(5,6)7)15-17(2)19(4)31-33(28,29)24(25,26)27/h17,20-22H,3-4,10-16H2,1-2,5-9H3/t17-,20?,21+,22?/m1/s1. The third-order valence-electron chi connectivity index (χ3n) is 6.87. The highest BCUT2D eigenvalue weighted by molar-refractivity contribution is 7.87. The van der Waals surface area contributed by atoms with E-state index in [2.05, 4.69) is 58.1 Å². The Morgan fingerprint density at radius 3 is 2.32 bits per heavy atom. The molecular weight excluding hydrogens is 485 g/mol. The molecule has 0 N–H and O–H groups in total. The molecule has 0 aromatic rings. The van der Waals surface area contributed by atoms with Gasteiger partial charge in [0.15, 0.2) is 8.32 Å². The summed E-state index contributed by atoms with van der Waals surface area (Å²) < 4.78 is 78.0. The van der Waals surface area contributed by atoms with E-state index in [1.807, 2.05) is 0 Å². The Morgan fingerprint density at radius 1 is 1.24 bits per heavy atom. The second-order valence-electron chi connectivity index (χ2n) is 10.9. The van der Waals surface area contributed by atoms with E-state index in [0.717, 1.165) is 31.3 Å². The van der Waals surface area contributed by atoms with Gasteiger partial charge < -0.3 is 13.3 Å². The van der Waals surface area contributed by atoms with Crippen molar-refractivity contribution in [1.82, 2.24) is 0 Å². The van der Waals surface area contributed by atoms with Crippen molar-refractivity contribution >= 4 is 18.4 Å². The Labute approximate surface area is 205 Å². The predicted octanol–water partition coefficient (Wildman–Crippen LogP) is 7.47. The fourth-order valence-corrected chi connectivity index (χ4v) is 5.57. The second-order valence-corrected chi connectivity index (χ2v) is 17.2. The third kappa shape index (κ3) is 8.99. The van der Waals surface area contributed by atoms with Gasteiger partial charge in [-0.05, 0) is 55.8 Å². The average Bonchev–Trinajstić information content (AvgIpc) is 3.01. The lowest BCUT2D eigenvalue weighted by Gasteiger charge is -2.40. The first kappa shape index (κ1) is 31.2. The van der Waals surface area contributed by atoms with E-state index < -0.39 is 35.6 Å². The minimum atomic E-state index is -5.75. The summed E-state index contributed by atoms with van der Waals surface area (Å²) in [4.78, 5) is 0. The molecule has 0 aromatic carbocycles. The Morgan fingerprint density at radius 2 is 1.82 bits per heavy atom. The van der Waals surface area contributed by atoms with E-state index >= 15 is 0 Å². The van der Waals surface area contributed by atoms with E-state index in [1.54, 1.807) is 6.92 Å². The molecule has 1 rings (SSSR count). The summed E-state index contributed by atoms with van der Waals surface area (Å²) in [5, 5.41) is -0.0691. The normalized spacial score (nSPS) is 22.0. The van der Waals surface area contributed by atoms with Crippen molar-refractivity contribution in [3.63, 3.8) is 0 Å². The Bertz CT molecular complexity index is 802. The fraction of sp³-hybridized carbons (Fsp3) is 0.833. The van der Waals surface area contributed by atoms with Crippen LogP contribution >= 0.6 is 0 Å². The first-order valence-corrected chi connectivity index (χ1v) is 16.3. The topological polar surface area (TPSA) is 61.8 Å². The number of unbranched alkanes of at least 4 members (excludes halogenated alkanes) is 1. The molecule has 0 amide bonds. The lowest BCUT2D eigenvalue weighted by Crippen LogP contribution is -2.44. The maximum absolute atomic E-state index is 12.7. The first-order chi connectivity index (χ1) is 15.3. The first-order valence-electron chi connectivity index (χ1n) is 12.0. The second kappa shape index (κ2) is 11.9. The molecule has 1 saturated heterocycles. The average molecular weight is 529 g/mol. The van der Waals surface area contributed by atoms with Crippen molar-refractivity contribution in [3.05, 3.63) is 24.5 Å². The van der Waals surface area contributed by atoms with Crippen LogP contribution in [0, 0.1) is 5.92 Å². The predicted molar refractivity (Wildman–Crippen MR) is 132 cm³/mol. The summed E-state index contributed by atoms with van der Waals surface area (Å²) in [6.45, 7) is 21.9. The lowest BCUT2D eigenvalue weighted by atomic mass is 9.96. The summed E-state index contributed by atoms with van der Waals surface area (Å²) in [5.41, 5.74) is -4.44. The summed E-state index contributed by atoms with van der Waals surface area (Å²) in [5.74, 6) is -1.10. The zero-order valence-electron chi connectivity index (χ0n) is 21.8. The van der Waals surface area contributed by atoms with E-state index in [4.69, 9.17) is 9.16 Å². The Kier molecular flexibility index (Phi) is 10.9. The molecule has 1 fully saturated rings.